The number of imide groups is 1. The number of carbonyl (C=O) groups excluding carboxylic acids is 2. The topological polar surface area (TPSA) is 110 Å². The monoisotopic (exact) mass is 420 g/mol. The highest BCUT2D eigenvalue weighted by molar-refractivity contribution is 8.18. The van der Waals surface area contributed by atoms with Crippen molar-refractivity contribution >= 4 is 46.3 Å². The molecule has 0 spiro atoms. The van der Waals surface area contributed by atoms with Crippen LogP contribution in [0.3, 0.4) is 0 Å². The minimum Gasteiger partial charge on any atom is -0.503 e. The number of aromatic hydroxyl groups is 1. The van der Waals surface area contributed by atoms with Crippen LogP contribution in [-0.2, 0) is 11.3 Å². The van der Waals surface area contributed by atoms with Crippen LogP contribution < -0.4 is 4.74 Å². The quantitative estimate of drug-likeness (QED) is 0.438. The van der Waals surface area contributed by atoms with Crippen molar-refractivity contribution in [1.29, 1.82) is 0 Å². The molecular formula is C18H13ClN2O6S. The number of carbonyl (C=O) groups is 2. The van der Waals surface area contributed by atoms with E-state index in [1.54, 1.807) is 6.07 Å². The van der Waals surface area contributed by atoms with Crippen molar-refractivity contribution in [2.45, 2.75) is 6.54 Å². The third kappa shape index (κ3) is 3.80. The Morgan fingerprint density at radius 3 is 2.71 bits per heavy atom. The summed E-state index contributed by atoms with van der Waals surface area (Å²) in [6.07, 6.45) is 1.44. The second-order valence-corrected chi connectivity index (χ2v) is 7.11. The van der Waals surface area contributed by atoms with Crippen LogP contribution in [0.5, 0.6) is 11.5 Å². The van der Waals surface area contributed by atoms with Crippen molar-refractivity contribution in [1.82, 2.24) is 4.90 Å². The van der Waals surface area contributed by atoms with Crippen LogP contribution in [-0.4, -0.2) is 33.2 Å². The molecular weight excluding hydrogens is 408 g/mol. The van der Waals surface area contributed by atoms with Gasteiger partial charge in [-0.25, -0.2) is 0 Å². The molecule has 0 aliphatic carbocycles. The predicted molar refractivity (Wildman–Crippen MR) is 104 cm³/mol. The smallest absolute Gasteiger partial charge is 0.293 e. The van der Waals surface area contributed by atoms with Crippen LogP contribution in [0.15, 0.2) is 41.3 Å². The summed E-state index contributed by atoms with van der Waals surface area (Å²) in [6, 6.07) is 8.82. The fourth-order valence-electron chi connectivity index (χ4n) is 2.61. The first kappa shape index (κ1) is 19.7. The Balaban J connectivity index is 1.90. The van der Waals surface area contributed by atoms with Gasteiger partial charge >= 0.3 is 0 Å². The number of ether oxygens (including phenoxy) is 1. The molecule has 144 valence electrons. The Morgan fingerprint density at radius 1 is 1.32 bits per heavy atom. The van der Waals surface area contributed by atoms with Gasteiger partial charge in [-0.05, 0) is 35.5 Å². The van der Waals surface area contributed by atoms with Gasteiger partial charge in [-0.3, -0.25) is 24.6 Å². The molecule has 0 unspecified atom stereocenters. The van der Waals surface area contributed by atoms with Crippen LogP contribution in [0, 0.1) is 10.1 Å². The molecule has 2 aromatic rings. The number of benzene rings is 2. The van der Waals surface area contributed by atoms with E-state index >= 15 is 0 Å². The number of halogens is 1. The van der Waals surface area contributed by atoms with Gasteiger partial charge < -0.3 is 9.84 Å². The second-order valence-electron chi connectivity index (χ2n) is 5.71. The van der Waals surface area contributed by atoms with E-state index in [1.165, 1.54) is 43.5 Å². The third-order valence-electron chi connectivity index (χ3n) is 3.96. The Bertz CT molecular complexity index is 1020. The van der Waals surface area contributed by atoms with Gasteiger partial charge in [0.2, 0.25) is 0 Å². The minimum atomic E-state index is -0.573. The minimum absolute atomic E-state index is 0.0322. The van der Waals surface area contributed by atoms with Gasteiger partial charge in [0.05, 0.1) is 28.5 Å². The summed E-state index contributed by atoms with van der Waals surface area (Å²) in [5.41, 5.74) is 0.543. The summed E-state index contributed by atoms with van der Waals surface area (Å²) in [5.74, 6) is -0.681. The van der Waals surface area contributed by atoms with Crippen molar-refractivity contribution in [2.75, 3.05) is 7.11 Å². The molecule has 0 bridgehead atoms. The van der Waals surface area contributed by atoms with E-state index in [4.69, 9.17) is 16.3 Å². The molecule has 2 amide bonds. The first-order valence-corrected chi connectivity index (χ1v) is 9.05. The maximum Gasteiger partial charge on any atom is 0.293 e. The fourth-order valence-corrected chi connectivity index (χ4v) is 3.67. The summed E-state index contributed by atoms with van der Waals surface area (Å²) in [6.45, 7) is -0.210. The first-order valence-electron chi connectivity index (χ1n) is 7.86. The van der Waals surface area contributed by atoms with E-state index in [-0.39, 0.29) is 39.2 Å². The molecule has 2 aromatic carbocycles. The molecule has 0 saturated carbocycles. The number of phenols is 1. The second kappa shape index (κ2) is 7.91. The Hall–Kier alpha value is -3.04. The number of para-hydroxylation sites is 1. The summed E-state index contributed by atoms with van der Waals surface area (Å²) >= 11 is 6.66. The van der Waals surface area contributed by atoms with E-state index < -0.39 is 16.1 Å². The van der Waals surface area contributed by atoms with Crippen LogP contribution in [0.25, 0.3) is 6.08 Å². The Kier molecular flexibility index (Phi) is 5.57. The van der Waals surface area contributed by atoms with Crippen LogP contribution in [0.4, 0.5) is 10.5 Å². The molecule has 0 aromatic heterocycles. The Morgan fingerprint density at radius 2 is 2.04 bits per heavy atom. The standard InChI is InChI=1S/C18H13ClN2O6S/c1-27-14-7-10(6-12(19)16(14)22)8-15-17(23)20(18(24)28-15)9-11-4-2-3-5-13(11)21(25)26/h2-8,22H,9H2,1H3/b15-8-. The molecule has 1 saturated heterocycles. The van der Waals surface area contributed by atoms with Gasteiger partial charge in [0.25, 0.3) is 16.8 Å². The lowest BCUT2D eigenvalue weighted by Gasteiger charge is -2.12. The van der Waals surface area contributed by atoms with Gasteiger partial charge in [-0.2, -0.15) is 0 Å². The average molecular weight is 421 g/mol. The maximum absolute atomic E-state index is 12.6. The molecule has 1 fully saturated rings. The van der Waals surface area contributed by atoms with E-state index in [9.17, 15) is 24.8 Å². The van der Waals surface area contributed by atoms with Crippen molar-refractivity contribution in [3.8, 4) is 11.5 Å². The molecule has 10 heteroatoms. The number of thioether (sulfide) groups is 1. The molecule has 8 nitrogen and oxygen atoms in total. The lowest BCUT2D eigenvalue weighted by atomic mass is 10.1. The highest BCUT2D eigenvalue weighted by atomic mass is 35.5. The molecule has 1 aliphatic rings. The summed E-state index contributed by atoms with van der Waals surface area (Å²) in [7, 11) is 1.36. The zero-order valence-corrected chi connectivity index (χ0v) is 16.0. The number of rotatable bonds is 5. The maximum atomic E-state index is 12.6. The number of hydrogen-bond donors (Lipinski definition) is 1. The molecule has 0 atom stereocenters. The van der Waals surface area contributed by atoms with E-state index in [1.807, 2.05) is 0 Å². The largest absolute Gasteiger partial charge is 0.503 e. The summed E-state index contributed by atoms with van der Waals surface area (Å²) < 4.78 is 5.02. The SMILES string of the molecule is COc1cc(/C=C2\SC(=O)N(Cc3ccccc3[N+](=O)[O-])C2=O)cc(Cl)c1O. The lowest BCUT2D eigenvalue weighted by molar-refractivity contribution is -0.385. The normalized spacial score (nSPS) is 15.4. The predicted octanol–water partition coefficient (Wildman–Crippen LogP) is 4.20. The summed E-state index contributed by atoms with van der Waals surface area (Å²) in [5, 5.41) is 20.4. The van der Waals surface area contributed by atoms with Crippen molar-refractivity contribution in [3.63, 3.8) is 0 Å². The fraction of sp³-hybridized carbons (Fsp3) is 0.111. The van der Waals surface area contributed by atoms with Crippen LogP contribution in [0.1, 0.15) is 11.1 Å². The molecule has 1 N–H and O–H groups in total. The molecule has 0 radical (unpaired) electrons. The number of amides is 2. The van der Waals surface area contributed by atoms with Crippen molar-refractivity contribution in [2.24, 2.45) is 0 Å². The zero-order valence-electron chi connectivity index (χ0n) is 14.4. The number of hydrogen-bond acceptors (Lipinski definition) is 7. The van der Waals surface area contributed by atoms with E-state index in [0.717, 1.165) is 4.90 Å². The lowest BCUT2D eigenvalue weighted by Crippen LogP contribution is -2.27. The number of nitro groups is 1. The number of phenolic OH excluding ortho intramolecular Hbond substituents is 1. The Labute approximate surface area is 168 Å². The van der Waals surface area contributed by atoms with Gasteiger partial charge in [0.15, 0.2) is 11.5 Å². The van der Waals surface area contributed by atoms with Crippen LogP contribution >= 0.6 is 23.4 Å². The number of methoxy groups -OCH3 is 1. The summed E-state index contributed by atoms with van der Waals surface area (Å²) in [4.78, 5) is 36.6. The number of nitro benzene ring substituents is 1. The third-order valence-corrected chi connectivity index (χ3v) is 5.15. The molecule has 1 heterocycles. The van der Waals surface area contributed by atoms with E-state index in [2.05, 4.69) is 0 Å². The van der Waals surface area contributed by atoms with Crippen LogP contribution in [0.2, 0.25) is 5.02 Å². The molecule has 1 aliphatic heterocycles. The first-order chi connectivity index (χ1) is 13.3. The van der Waals surface area contributed by atoms with Crippen molar-refractivity contribution in [3.05, 3.63) is 67.6 Å². The van der Waals surface area contributed by atoms with E-state index in [0.29, 0.717) is 17.3 Å². The number of nitrogens with zero attached hydrogens (tertiary/aromatic N) is 2. The van der Waals surface area contributed by atoms with Gasteiger partial charge in [0, 0.05) is 11.6 Å². The highest BCUT2D eigenvalue weighted by Gasteiger charge is 2.36. The van der Waals surface area contributed by atoms with Gasteiger partial charge in [-0.1, -0.05) is 29.8 Å². The van der Waals surface area contributed by atoms with Crippen molar-refractivity contribution < 1.29 is 24.4 Å². The highest BCUT2D eigenvalue weighted by Crippen LogP contribution is 2.38. The van der Waals surface area contributed by atoms with Gasteiger partial charge in [-0.15, -0.1) is 0 Å². The molecule has 28 heavy (non-hydrogen) atoms. The molecule has 3 rings (SSSR count). The average Bonchev–Trinajstić information content (AvgIpc) is 2.92. The van der Waals surface area contributed by atoms with Gasteiger partial charge in [0.1, 0.15) is 0 Å². The zero-order chi connectivity index (χ0) is 20.4.